The van der Waals surface area contributed by atoms with Gasteiger partial charge in [0.2, 0.25) is 5.69 Å². The van der Waals surface area contributed by atoms with Gasteiger partial charge in [-0.2, -0.15) is 0 Å². The molecule has 0 aliphatic heterocycles. The molecule has 108 valence electrons. The van der Waals surface area contributed by atoms with Crippen LogP contribution in [0.5, 0.6) is 0 Å². The van der Waals surface area contributed by atoms with E-state index in [9.17, 15) is 4.39 Å². The highest BCUT2D eigenvalue weighted by atomic mass is 19.1. The molecule has 0 N–H and O–H groups in total. The molecule has 0 unspecified atom stereocenters. The predicted molar refractivity (Wildman–Crippen MR) is 85.0 cm³/mol. The first-order chi connectivity index (χ1) is 10.6. The lowest BCUT2D eigenvalue weighted by Gasteiger charge is -2.06. The Bertz CT molecular complexity index is 1020. The van der Waals surface area contributed by atoms with Crippen molar-refractivity contribution in [2.45, 2.75) is 6.92 Å². The Kier molecular flexibility index (Phi) is 2.76. The van der Waals surface area contributed by atoms with E-state index in [4.69, 9.17) is 4.42 Å². The molecule has 2 heterocycles. The number of benzene rings is 2. The quantitative estimate of drug-likeness (QED) is 0.471. The molecule has 0 bridgehead atoms. The maximum atomic E-state index is 13.5. The summed E-state index contributed by atoms with van der Waals surface area (Å²) in [5, 5.41) is 1.98. The molecule has 4 rings (SSSR count). The zero-order valence-electron chi connectivity index (χ0n) is 12.4. The molecule has 2 aromatic heterocycles. The number of aromatic nitrogens is 1. The molecule has 0 saturated carbocycles. The second kappa shape index (κ2) is 4.67. The zero-order valence-corrected chi connectivity index (χ0v) is 12.4. The predicted octanol–water partition coefficient (Wildman–Crippen LogP) is 4.53. The van der Waals surface area contributed by atoms with Crippen molar-refractivity contribution >= 4 is 21.9 Å². The number of furan rings is 1. The Morgan fingerprint density at radius 1 is 1.00 bits per heavy atom. The Labute approximate surface area is 127 Å². The number of aryl methyl sites for hydroxylation is 2. The monoisotopic (exact) mass is 292 g/mol. The van der Waals surface area contributed by atoms with Gasteiger partial charge in [-0.25, -0.2) is 8.96 Å². The van der Waals surface area contributed by atoms with Gasteiger partial charge in [-0.1, -0.05) is 6.07 Å². The molecule has 22 heavy (non-hydrogen) atoms. The Morgan fingerprint density at radius 2 is 1.86 bits per heavy atom. The molecule has 0 radical (unpaired) electrons. The highest BCUT2D eigenvalue weighted by Crippen LogP contribution is 2.37. The van der Waals surface area contributed by atoms with E-state index in [2.05, 4.69) is 17.6 Å². The molecule has 3 heteroatoms. The minimum atomic E-state index is -0.282. The van der Waals surface area contributed by atoms with Crippen molar-refractivity contribution in [1.82, 2.24) is 0 Å². The maximum Gasteiger partial charge on any atom is 0.213 e. The zero-order chi connectivity index (χ0) is 15.3. The molecule has 0 spiro atoms. The van der Waals surface area contributed by atoms with Gasteiger partial charge in [0.15, 0.2) is 6.20 Å². The minimum Gasteiger partial charge on any atom is -0.456 e. The highest BCUT2D eigenvalue weighted by molar-refractivity contribution is 6.12. The number of nitrogens with zero attached hydrogens (tertiary/aromatic N) is 1. The van der Waals surface area contributed by atoms with E-state index in [1.165, 1.54) is 17.7 Å². The molecule has 0 saturated heterocycles. The summed E-state index contributed by atoms with van der Waals surface area (Å²) in [6, 6.07) is 14.8. The number of hydrogen-bond acceptors (Lipinski definition) is 1. The van der Waals surface area contributed by atoms with Crippen LogP contribution in [0.1, 0.15) is 5.56 Å². The Hall–Kier alpha value is -2.68. The standard InChI is InChI=1S/C19H15FNO/c1-12-6-9-16-19(14-8-7-13(20)11-17(14)22-16)18(12)15-5-3-4-10-21(15)2/h3-11H,1-2H3/q+1. The average Bonchev–Trinajstić information content (AvgIpc) is 2.86. The third-order valence-corrected chi connectivity index (χ3v) is 4.12. The van der Waals surface area contributed by atoms with E-state index in [1.807, 2.05) is 37.5 Å². The minimum absolute atomic E-state index is 0.282. The van der Waals surface area contributed by atoms with Crippen LogP contribution in [-0.2, 0) is 7.05 Å². The van der Waals surface area contributed by atoms with Gasteiger partial charge in [0, 0.05) is 29.0 Å². The second-order valence-electron chi connectivity index (χ2n) is 5.57. The number of pyridine rings is 1. The van der Waals surface area contributed by atoms with Crippen molar-refractivity contribution < 1.29 is 13.4 Å². The van der Waals surface area contributed by atoms with E-state index in [0.29, 0.717) is 5.58 Å². The lowest BCUT2D eigenvalue weighted by atomic mass is 9.98. The van der Waals surface area contributed by atoms with E-state index >= 15 is 0 Å². The molecule has 2 nitrogen and oxygen atoms in total. The molecular weight excluding hydrogens is 277 g/mol. The molecule has 2 aromatic carbocycles. The number of halogens is 1. The normalized spacial score (nSPS) is 11.4. The largest absolute Gasteiger partial charge is 0.456 e. The summed E-state index contributed by atoms with van der Waals surface area (Å²) in [6.07, 6.45) is 2.02. The van der Waals surface area contributed by atoms with Crippen LogP contribution < -0.4 is 4.57 Å². The summed E-state index contributed by atoms with van der Waals surface area (Å²) in [5.41, 5.74) is 4.77. The van der Waals surface area contributed by atoms with Gasteiger partial charge >= 0.3 is 0 Å². The van der Waals surface area contributed by atoms with Crippen LogP contribution in [0, 0.1) is 12.7 Å². The van der Waals surface area contributed by atoms with Crippen molar-refractivity contribution in [2.24, 2.45) is 7.05 Å². The van der Waals surface area contributed by atoms with Crippen LogP contribution in [0.15, 0.2) is 59.1 Å². The van der Waals surface area contributed by atoms with Gasteiger partial charge < -0.3 is 4.42 Å². The van der Waals surface area contributed by atoms with E-state index in [1.54, 1.807) is 6.07 Å². The van der Waals surface area contributed by atoms with Crippen LogP contribution in [0.2, 0.25) is 0 Å². The summed E-state index contributed by atoms with van der Waals surface area (Å²) in [6.45, 7) is 2.09. The average molecular weight is 292 g/mol. The molecular formula is C19H15FNO+. The Morgan fingerprint density at radius 3 is 2.68 bits per heavy atom. The first-order valence-electron chi connectivity index (χ1n) is 7.21. The smallest absolute Gasteiger partial charge is 0.213 e. The van der Waals surface area contributed by atoms with Crippen LogP contribution in [-0.4, -0.2) is 0 Å². The first kappa shape index (κ1) is 13.0. The van der Waals surface area contributed by atoms with Gasteiger partial charge in [-0.05, 0) is 36.8 Å². The molecule has 4 aromatic rings. The summed E-state index contributed by atoms with van der Waals surface area (Å²) in [7, 11) is 2.02. The van der Waals surface area contributed by atoms with E-state index < -0.39 is 0 Å². The molecule has 0 amide bonds. The molecule has 0 atom stereocenters. The second-order valence-corrected chi connectivity index (χ2v) is 5.57. The summed E-state index contributed by atoms with van der Waals surface area (Å²) >= 11 is 0. The van der Waals surface area contributed by atoms with Gasteiger partial charge in [0.1, 0.15) is 24.0 Å². The highest BCUT2D eigenvalue weighted by Gasteiger charge is 2.19. The lowest BCUT2D eigenvalue weighted by molar-refractivity contribution is -0.660. The summed E-state index contributed by atoms with van der Waals surface area (Å²) in [5.74, 6) is -0.282. The van der Waals surface area contributed by atoms with Crippen LogP contribution >= 0.6 is 0 Å². The third-order valence-electron chi connectivity index (χ3n) is 4.12. The van der Waals surface area contributed by atoms with E-state index in [0.717, 1.165) is 27.6 Å². The van der Waals surface area contributed by atoms with Crippen molar-refractivity contribution in [3.8, 4) is 11.3 Å². The topological polar surface area (TPSA) is 17.0 Å². The number of fused-ring (bicyclic) bond motifs is 3. The van der Waals surface area contributed by atoms with Gasteiger partial charge in [0.25, 0.3) is 0 Å². The number of rotatable bonds is 1. The van der Waals surface area contributed by atoms with Crippen LogP contribution in [0.4, 0.5) is 4.39 Å². The maximum absolute atomic E-state index is 13.5. The van der Waals surface area contributed by atoms with Crippen molar-refractivity contribution in [2.75, 3.05) is 0 Å². The summed E-state index contributed by atoms with van der Waals surface area (Å²) < 4.78 is 21.4. The fourth-order valence-electron chi connectivity index (χ4n) is 3.06. The van der Waals surface area contributed by atoms with Gasteiger partial charge in [0.05, 0.1) is 5.56 Å². The van der Waals surface area contributed by atoms with Crippen LogP contribution in [0.3, 0.4) is 0 Å². The fraction of sp³-hybridized carbons (Fsp3) is 0.105. The van der Waals surface area contributed by atoms with Crippen molar-refractivity contribution in [3.63, 3.8) is 0 Å². The van der Waals surface area contributed by atoms with E-state index in [-0.39, 0.29) is 5.82 Å². The molecule has 0 aliphatic carbocycles. The molecule has 0 fully saturated rings. The van der Waals surface area contributed by atoms with Gasteiger partial charge in [-0.15, -0.1) is 0 Å². The van der Waals surface area contributed by atoms with Gasteiger partial charge in [-0.3, -0.25) is 0 Å². The fourth-order valence-corrected chi connectivity index (χ4v) is 3.06. The third kappa shape index (κ3) is 1.82. The first-order valence-corrected chi connectivity index (χ1v) is 7.21. The van der Waals surface area contributed by atoms with Crippen molar-refractivity contribution in [3.05, 3.63) is 66.1 Å². The number of hydrogen-bond donors (Lipinski definition) is 0. The van der Waals surface area contributed by atoms with Crippen LogP contribution in [0.25, 0.3) is 33.2 Å². The summed E-state index contributed by atoms with van der Waals surface area (Å²) in [4.78, 5) is 0. The lowest BCUT2D eigenvalue weighted by Crippen LogP contribution is -2.30. The molecule has 0 aliphatic rings. The Balaban J connectivity index is 2.20. The SMILES string of the molecule is Cc1ccc2oc3cc(F)ccc3c2c1-c1cccc[n+]1C. The van der Waals surface area contributed by atoms with Crippen molar-refractivity contribution in [1.29, 1.82) is 0 Å².